The maximum absolute atomic E-state index is 11.6. The lowest BCUT2D eigenvalue weighted by Crippen LogP contribution is -2.20. The van der Waals surface area contributed by atoms with E-state index in [2.05, 4.69) is 5.32 Å². The van der Waals surface area contributed by atoms with Gasteiger partial charge in [-0.3, -0.25) is 5.32 Å². The normalized spacial score (nSPS) is 16.2. The summed E-state index contributed by atoms with van der Waals surface area (Å²) in [4.78, 5) is 11.6. The van der Waals surface area contributed by atoms with Crippen LogP contribution in [-0.2, 0) is 4.74 Å². The Morgan fingerprint density at radius 2 is 2.11 bits per heavy atom. The van der Waals surface area contributed by atoms with E-state index in [4.69, 9.17) is 10.5 Å². The van der Waals surface area contributed by atoms with Crippen LogP contribution in [0.3, 0.4) is 0 Å². The Morgan fingerprint density at radius 3 is 2.83 bits per heavy atom. The van der Waals surface area contributed by atoms with E-state index in [1.807, 2.05) is 0 Å². The first-order valence-electron chi connectivity index (χ1n) is 6.53. The van der Waals surface area contributed by atoms with E-state index in [1.165, 1.54) is 32.1 Å². The van der Waals surface area contributed by atoms with Crippen molar-refractivity contribution in [2.24, 2.45) is 5.92 Å². The number of ether oxygens (including phenoxy) is 1. The van der Waals surface area contributed by atoms with E-state index in [-0.39, 0.29) is 0 Å². The maximum Gasteiger partial charge on any atom is 0.411 e. The van der Waals surface area contributed by atoms with Gasteiger partial charge >= 0.3 is 6.09 Å². The third kappa shape index (κ3) is 3.95. The number of nitrogen functional groups attached to an aromatic ring is 1. The number of nitrogens with one attached hydrogen (secondary N) is 1. The van der Waals surface area contributed by atoms with Gasteiger partial charge in [0.05, 0.1) is 6.61 Å². The highest BCUT2D eigenvalue weighted by molar-refractivity contribution is 5.85. The van der Waals surface area contributed by atoms with Crippen molar-refractivity contribution in [1.29, 1.82) is 0 Å². The fourth-order valence-corrected chi connectivity index (χ4v) is 2.32. The lowest BCUT2D eigenvalue weighted by molar-refractivity contribution is 0.128. The second-order valence-electron chi connectivity index (χ2n) is 4.85. The second kappa shape index (κ2) is 6.28. The molecule has 1 aliphatic carbocycles. The van der Waals surface area contributed by atoms with E-state index in [0.717, 1.165) is 0 Å². The fourth-order valence-electron chi connectivity index (χ4n) is 2.32. The van der Waals surface area contributed by atoms with E-state index in [1.54, 1.807) is 24.3 Å². The molecular weight excluding hydrogens is 228 g/mol. The molecular formula is C14H20N2O2. The Bertz CT molecular complexity index is 401. The Kier molecular flexibility index (Phi) is 4.45. The summed E-state index contributed by atoms with van der Waals surface area (Å²) in [5, 5.41) is 2.68. The zero-order chi connectivity index (χ0) is 12.8. The monoisotopic (exact) mass is 248 g/mol. The van der Waals surface area contributed by atoms with Crippen LogP contribution in [0.5, 0.6) is 0 Å². The van der Waals surface area contributed by atoms with Gasteiger partial charge in [-0.25, -0.2) is 4.79 Å². The molecule has 0 atom stereocenters. The molecule has 0 heterocycles. The number of carbonyl (C=O) groups excluding carboxylic acids is 1. The van der Waals surface area contributed by atoms with Crippen molar-refractivity contribution in [2.75, 3.05) is 17.7 Å². The topological polar surface area (TPSA) is 64.3 Å². The van der Waals surface area contributed by atoms with Crippen molar-refractivity contribution in [3.8, 4) is 0 Å². The number of hydrogen-bond donors (Lipinski definition) is 2. The maximum atomic E-state index is 11.6. The van der Waals surface area contributed by atoms with Gasteiger partial charge in [-0.15, -0.1) is 0 Å². The molecule has 2 rings (SSSR count). The molecule has 1 aromatic rings. The lowest BCUT2D eigenvalue weighted by atomic mass is 9.90. The molecule has 3 N–H and O–H groups in total. The first-order valence-corrected chi connectivity index (χ1v) is 6.53. The van der Waals surface area contributed by atoms with Crippen LogP contribution in [0.4, 0.5) is 16.2 Å². The van der Waals surface area contributed by atoms with Crippen LogP contribution in [0.15, 0.2) is 24.3 Å². The number of carbonyl (C=O) groups is 1. The summed E-state index contributed by atoms with van der Waals surface area (Å²) < 4.78 is 5.23. The largest absolute Gasteiger partial charge is 0.449 e. The molecule has 0 radical (unpaired) electrons. The smallest absolute Gasteiger partial charge is 0.411 e. The second-order valence-corrected chi connectivity index (χ2v) is 4.85. The predicted octanol–water partition coefficient (Wildman–Crippen LogP) is 3.40. The summed E-state index contributed by atoms with van der Waals surface area (Å²) in [6.45, 7) is 0.522. The van der Waals surface area contributed by atoms with Crippen LogP contribution >= 0.6 is 0 Å². The van der Waals surface area contributed by atoms with Crippen molar-refractivity contribution >= 4 is 17.5 Å². The molecule has 0 aliphatic heterocycles. The van der Waals surface area contributed by atoms with Crippen LogP contribution in [0.2, 0.25) is 0 Å². The van der Waals surface area contributed by atoms with Gasteiger partial charge in [0, 0.05) is 11.4 Å². The Labute approximate surface area is 108 Å². The zero-order valence-corrected chi connectivity index (χ0v) is 10.5. The molecule has 4 heteroatoms. The van der Waals surface area contributed by atoms with E-state index < -0.39 is 6.09 Å². The van der Waals surface area contributed by atoms with Gasteiger partial charge < -0.3 is 10.5 Å². The molecule has 1 aromatic carbocycles. The SMILES string of the molecule is Nc1cccc(NC(=O)OCC2CCCCC2)c1. The molecule has 1 aliphatic rings. The summed E-state index contributed by atoms with van der Waals surface area (Å²) in [6.07, 6.45) is 5.77. The van der Waals surface area contributed by atoms with Crippen molar-refractivity contribution < 1.29 is 9.53 Å². The predicted molar refractivity (Wildman–Crippen MR) is 72.4 cm³/mol. The van der Waals surface area contributed by atoms with Crippen molar-refractivity contribution in [3.05, 3.63) is 24.3 Å². The molecule has 1 saturated carbocycles. The molecule has 1 fully saturated rings. The van der Waals surface area contributed by atoms with E-state index >= 15 is 0 Å². The third-order valence-electron chi connectivity index (χ3n) is 3.31. The summed E-state index contributed by atoms with van der Waals surface area (Å²) >= 11 is 0. The van der Waals surface area contributed by atoms with Crippen LogP contribution in [0.25, 0.3) is 0 Å². The van der Waals surface area contributed by atoms with Gasteiger partial charge in [0.2, 0.25) is 0 Å². The number of nitrogens with two attached hydrogens (primary N) is 1. The average molecular weight is 248 g/mol. The van der Waals surface area contributed by atoms with Gasteiger partial charge in [0.25, 0.3) is 0 Å². The van der Waals surface area contributed by atoms with Crippen LogP contribution < -0.4 is 11.1 Å². The number of anilines is 2. The first-order chi connectivity index (χ1) is 8.74. The van der Waals surface area contributed by atoms with Crippen molar-refractivity contribution in [2.45, 2.75) is 32.1 Å². The van der Waals surface area contributed by atoms with Crippen LogP contribution in [0.1, 0.15) is 32.1 Å². The van der Waals surface area contributed by atoms with Gasteiger partial charge in [0.1, 0.15) is 0 Å². The van der Waals surface area contributed by atoms with Crippen molar-refractivity contribution in [1.82, 2.24) is 0 Å². The molecule has 98 valence electrons. The summed E-state index contributed by atoms with van der Waals surface area (Å²) in [5.74, 6) is 0.533. The minimum absolute atomic E-state index is 0.397. The minimum Gasteiger partial charge on any atom is -0.449 e. The fraction of sp³-hybridized carbons (Fsp3) is 0.500. The molecule has 18 heavy (non-hydrogen) atoms. The lowest BCUT2D eigenvalue weighted by Gasteiger charge is -2.21. The Morgan fingerprint density at radius 1 is 1.33 bits per heavy atom. The summed E-state index contributed by atoms with van der Waals surface area (Å²) in [6, 6.07) is 7.07. The number of hydrogen-bond acceptors (Lipinski definition) is 3. The number of rotatable bonds is 3. The highest BCUT2D eigenvalue weighted by atomic mass is 16.5. The molecule has 0 saturated heterocycles. The average Bonchev–Trinajstić information content (AvgIpc) is 2.38. The van der Waals surface area contributed by atoms with Gasteiger partial charge in [0.15, 0.2) is 0 Å². The molecule has 0 aromatic heterocycles. The van der Waals surface area contributed by atoms with E-state index in [9.17, 15) is 4.79 Å². The van der Waals surface area contributed by atoms with Gasteiger partial charge in [-0.05, 0) is 37.0 Å². The van der Waals surface area contributed by atoms with Crippen LogP contribution in [-0.4, -0.2) is 12.7 Å². The van der Waals surface area contributed by atoms with Gasteiger partial charge in [-0.1, -0.05) is 25.3 Å². The summed E-state index contributed by atoms with van der Waals surface area (Å²) in [7, 11) is 0. The first kappa shape index (κ1) is 12.7. The van der Waals surface area contributed by atoms with Crippen LogP contribution in [0, 0.1) is 5.92 Å². The minimum atomic E-state index is -0.397. The number of benzene rings is 1. The highest BCUT2D eigenvalue weighted by Gasteiger charge is 2.15. The number of amides is 1. The van der Waals surface area contributed by atoms with Gasteiger partial charge in [-0.2, -0.15) is 0 Å². The zero-order valence-electron chi connectivity index (χ0n) is 10.5. The molecule has 4 nitrogen and oxygen atoms in total. The van der Waals surface area contributed by atoms with Crippen molar-refractivity contribution in [3.63, 3.8) is 0 Å². The molecule has 0 spiro atoms. The molecule has 0 unspecified atom stereocenters. The Hall–Kier alpha value is -1.71. The highest BCUT2D eigenvalue weighted by Crippen LogP contribution is 2.23. The Balaban J connectivity index is 1.74. The van der Waals surface area contributed by atoms with E-state index in [0.29, 0.717) is 23.9 Å². The molecule has 0 bridgehead atoms. The molecule has 1 amide bonds. The quantitative estimate of drug-likeness (QED) is 0.806. The standard InChI is InChI=1S/C14H20N2O2/c15-12-7-4-8-13(9-12)16-14(17)18-10-11-5-2-1-3-6-11/h4,7-9,11H,1-3,5-6,10,15H2,(H,16,17). The third-order valence-corrected chi connectivity index (χ3v) is 3.31. The summed E-state index contributed by atoms with van der Waals surface area (Å²) in [5.41, 5.74) is 6.93.